The van der Waals surface area contributed by atoms with Gasteiger partial charge in [-0.2, -0.15) is 0 Å². The number of para-hydroxylation sites is 1. The molecule has 0 radical (unpaired) electrons. The monoisotopic (exact) mass is 280 g/mol. The van der Waals surface area contributed by atoms with E-state index in [1.807, 2.05) is 25.1 Å². The average molecular weight is 280 g/mol. The highest BCUT2D eigenvalue weighted by Crippen LogP contribution is 2.30. The standard InChI is InChI=1S/C16H28N2O2/c1-5-18(13(3)12-19-4)15(11-17)14-9-7-8-10-16(14)20-6-2/h7-10,13,15H,5-6,11-12,17H2,1-4H3. The zero-order chi connectivity index (χ0) is 15.0. The third kappa shape index (κ3) is 4.20. The zero-order valence-electron chi connectivity index (χ0n) is 13.1. The van der Waals surface area contributed by atoms with E-state index in [9.17, 15) is 0 Å². The molecule has 0 aliphatic carbocycles. The number of benzene rings is 1. The fourth-order valence-corrected chi connectivity index (χ4v) is 2.66. The topological polar surface area (TPSA) is 47.7 Å². The summed E-state index contributed by atoms with van der Waals surface area (Å²) in [6, 6.07) is 8.61. The lowest BCUT2D eigenvalue weighted by atomic mass is 10.0. The maximum atomic E-state index is 6.04. The number of methoxy groups -OCH3 is 1. The third-order valence-electron chi connectivity index (χ3n) is 3.54. The molecule has 0 aromatic heterocycles. The van der Waals surface area contributed by atoms with Crippen molar-refractivity contribution in [3.63, 3.8) is 0 Å². The van der Waals surface area contributed by atoms with E-state index in [1.165, 1.54) is 0 Å². The first kappa shape index (κ1) is 17.0. The van der Waals surface area contributed by atoms with Gasteiger partial charge in [0.2, 0.25) is 0 Å². The Hall–Kier alpha value is -1.10. The predicted octanol–water partition coefficient (Wildman–Crippen LogP) is 2.44. The molecule has 1 aromatic carbocycles. The summed E-state index contributed by atoms with van der Waals surface area (Å²) in [6.07, 6.45) is 0. The van der Waals surface area contributed by atoms with Crippen LogP contribution < -0.4 is 10.5 Å². The molecule has 0 saturated carbocycles. The van der Waals surface area contributed by atoms with Gasteiger partial charge in [-0.05, 0) is 26.5 Å². The van der Waals surface area contributed by atoms with Crippen LogP contribution in [0.3, 0.4) is 0 Å². The van der Waals surface area contributed by atoms with Gasteiger partial charge in [-0.1, -0.05) is 25.1 Å². The number of nitrogens with zero attached hydrogens (tertiary/aromatic N) is 1. The first-order valence-electron chi connectivity index (χ1n) is 7.35. The lowest BCUT2D eigenvalue weighted by Gasteiger charge is -2.35. The van der Waals surface area contributed by atoms with Crippen molar-refractivity contribution in [2.45, 2.75) is 32.9 Å². The van der Waals surface area contributed by atoms with E-state index in [1.54, 1.807) is 7.11 Å². The summed E-state index contributed by atoms with van der Waals surface area (Å²) in [5.74, 6) is 0.925. The van der Waals surface area contributed by atoms with E-state index in [0.717, 1.165) is 17.9 Å². The second kappa shape index (κ2) is 8.95. The number of likely N-dealkylation sites (N-methyl/N-ethyl adjacent to an activating group) is 1. The Labute approximate surface area is 122 Å². The molecule has 0 bridgehead atoms. The van der Waals surface area contributed by atoms with Crippen molar-refractivity contribution in [3.05, 3.63) is 29.8 Å². The van der Waals surface area contributed by atoms with Crippen molar-refractivity contribution in [2.24, 2.45) is 5.73 Å². The van der Waals surface area contributed by atoms with Crippen molar-refractivity contribution >= 4 is 0 Å². The minimum Gasteiger partial charge on any atom is -0.494 e. The Balaban J connectivity index is 3.04. The lowest BCUT2D eigenvalue weighted by Crippen LogP contribution is -2.42. The normalized spacial score (nSPS) is 14.3. The lowest BCUT2D eigenvalue weighted by molar-refractivity contribution is 0.0741. The van der Waals surface area contributed by atoms with Crippen molar-refractivity contribution in [1.29, 1.82) is 0 Å². The van der Waals surface area contributed by atoms with Crippen LogP contribution in [0.15, 0.2) is 24.3 Å². The summed E-state index contributed by atoms with van der Waals surface area (Å²) in [4.78, 5) is 2.36. The van der Waals surface area contributed by atoms with Crippen molar-refractivity contribution in [1.82, 2.24) is 4.90 Å². The molecule has 1 aromatic rings. The van der Waals surface area contributed by atoms with Gasteiger partial charge < -0.3 is 15.2 Å². The van der Waals surface area contributed by atoms with Crippen LogP contribution in [0.2, 0.25) is 0 Å². The summed E-state index contributed by atoms with van der Waals surface area (Å²) in [5.41, 5.74) is 7.20. The second-order valence-corrected chi connectivity index (χ2v) is 4.86. The van der Waals surface area contributed by atoms with Gasteiger partial charge in [0.1, 0.15) is 5.75 Å². The summed E-state index contributed by atoms with van der Waals surface area (Å²) in [6.45, 7) is 9.16. The predicted molar refractivity (Wildman–Crippen MR) is 83.1 cm³/mol. The smallest absolute Gasteiger partial charge is 0.124 e. The SMILES string of the molecule is CCOc1ccccc1C(CN)N(CC)C(C)COC. The fourth-order valence-electron chi connectivity index (χ4n) is 2.66. The Kier molecular flexibility index (Phi) is 7.59. The van der Waals surface area contributed by atoms with Gasteiger partial charge in [-0.25, -0.2) is 0 Å². The highest BCUT2D eigenvalue weighted by Gasteiger charge is 2.24. The number of hydrogen-bond donors (Lipinski definition) is 1. The quantitative estimate of drug-likeness (QED) is 0.755. The van der Waals surface area contributed by atoms with E-state index < -0.39 is 0 Å². The number of ether oxygens (including phenoxy) is 2. The van der Waals surface area contributed by atoms with E-state index in [2.05, 4.69) is 24.8 Å². The van der Waals surface area contributed by atoms with E-state index in [-0.39, 0.29) is 6.04 Å². The molecule has 2 atom stereocenters. The van der Waals surface area contributed by atoms with Crippen LogP contribution in [0.1, 0.15) is 32.4 Å². The van der Waals surface area contributed by atoms with Gasteiger partial charge >= 0.3 is 0 Å². The molecule has 0 heterocycles. The maximum absolute atomic E-state index is 6.04. The molecule has 0 aliphatic heterocycles. The summed E-state index contributed by atoms with van der Waals surface area (Å²) in [5, 5.41) is 0. The molecule has 4 heteroatoms. The molecule has 0 amide bonds. The Morgan fingerprint density at radius 3 is 2.50 bits per heavy atom. The van der Waals surface area contributed by atoms with Gasteiger partial charge in [-0.15, -0.1) is 0 Å². The molecule has 114 valence electrons. The Bertz CT molecular complexity index is 384. The van der Waals surface area contributed by atoms with Gasteiger partial charge in [0.25, 0.3) is 0 Å². The molecule has 2 N–H and O–H groups in total. The van der Waals surface area contributed by atoms with Crippen LogP contribution in [-0.2, 0) is 4.74 Å². The third-order valence-corrected chi connectivity index (χ3v) is 3.54. The highest BCUT2D eigenvalue weighted by molar-refractivity contribution is 5.36. The molecule has 0 fully saturated rings. The largest absolute Gasteiger partial charge is 0.494 e. The Morgan fingerprint density at radius 1 is 1.25 bits per heavy atom. The van der Waals surface area contributed by atoms with E-state index >= 15 is 0 Å². The maximum Gasteiger partial charge on any atom is 0.124 e. The van der Waals surface area contributed by atoms with Crippen molar-refractivity contribution in [2.75, 3.05) is 33.4 Å². The summed E-state index contributed by atoms with van der Waals surface area (Å²) < 4.78 is 11.0. The summed E-state index contributed by atoms with van der Waals surface area (Å²) >= 11 is 0. The van der Waals surface area contributed by atoms with Gasteiger partial charge in [0.05, 0.1) is 19.3 Å². The molecule has 0 spiro atoms. The van der Waals surface area contributed by atoms with Gasteiger partial charge in [0.15, 0.2) is 0 Å². The number of hydrogen-bond acceptors (Lipinski definition) is 4. The van der Waals surface area contributed by atoms with Gasteiger partial charge in [-0.3, -0.25) is 4.90 Å². The summed E-state index contributed by atoms with van der Waals surface area (Å²) in [7, 11) is 1.73. The van der Waals surface area contributed by atoms with E-state index in [0.29, 0.717) is 25.8 Å². The molecule has 0 saturated heterocycles. The van der Waals surface area contributed by atoms with Crippen molar-refractivity contribution in [3.8, 4) is 5.75 Å². The van der Waals surface area contributed by atoms with Crippen LogP contribution in [0.25, 0.3) is 0 Å². The molecule has 2 unspecified atom stereocenters. The highest BCUT2D eigenvalue weighted by atomic mass is 16.5. The molecule has 1 rings (SSSR count). The molecule has 0 aliphatic rings. The molecule has 4 nitrogen and oxygen atoms in total. The van der Waals surface area contributed by atoms with Crippen LogP contribution in [0, 0.1) is 0 Å². The number of rotatable bonds is 9. The van der Waals surface area contributed by atoms with Crippen LogP contribution >= 0.6 is 0 Å². The van der Waals surface area contributed by atoms with Gasteiger partial charge in [0, 0.05) is 25.3 Å². The zero-order valence-corrected chi connectivity index (χ0v) is 13.1. The molecular weight excluding hydrogens is 252 g/mol. The average Bonchev–Trinajstić information content (AvgIpc) is 2.46. The van der Waals surface area contributed by atoms with Crippen LogP contribution in [0.4, 0.5) is 0 Å². The fraction of sp³-hybridized carbons (Fsp3) is 0.625. The van der Waals surface area contributed by atoms with Crippen LogP contribution in [0.5, 0.6) is 5.75 Å². The van der Waals surface area contributed by atoms with Crippen LogP contribution in [-0.4, -0.2) is 44.4 Å². The Morgan fingerprint density at radius 2 is 1.95 bits per heavy atom. The minimum atomic E-state index is 0.146. The minimum absolute atomic E-state index is 0.146. The molecular formula is C16H28N2O2. The first-order valence-corrected chi connectivity index (χ1v) is 7.35. The molecule has 20 heavy (non-hydrogen) atoms. The number of nitrogens with two attached hydrogens (primary N) is 1. The van der Waals surface area contributed by atoms with E-state index in [4.69, 9.17) is 15.2 Å². The second-order valence-electron chi connectivity index (χ2n) is 4.86. The van der Waals surface area contributed by atoms with Crippen molar-refractivity contribution < 1.29 is 9.47 Å². The first-order chi connectivity index (χ1) is 9.69.